The molecule has 3 aromatic rings. The van der Waals surface area contributed by atoms with Crippen molar-refractivity contribution in [3.8, 4) is 0 Å². The number of hydrogen-bond donors (Lipinski definition) is 0. The number of piperidine rings is 1. The van der Waals surface area contributed by atoms with Gasteiger partial charge in [-0.1, -0.05) is 0 Å². The second-order valence-electron chi connectivity index (χ2n) is 10.1. The minimum atomic E-state index is -0.489. The number of amides is 1. The number of Topliss-reactive ketones (excluding diaryl/α,β-unsaturated/α-hetero) is 1. The van der Waals surface area contributed by atoms with E-state index in [2.05, 4.69) is 14.9 Å². The van der Waals surface area contributed by atoms with E-state index in [1.54, 1.807) is 4.90 Å². The van der Waals surface area contributed by atoms with Gasteiger partial charge in [-0.3, -0.25) is 24.6 Å². The molecule has 10 heteroatoms. The predicted octanol–water partition coefficient (Wildman–Crippen LogP) is 4.64. The van der Waals surface area contributed by atoms with E-state index in [1.165, 1.54) is 54.9 Å². The van der Waals surface area contributed by atoms with E-state index in [4.69, 9.17) is 0 Å². The Balaban J connectivity index is 1.30. The Bertz CT molecular complexity index is 1360. The number of ketones is 1. The van der Waals surface area contributed by atoms with Crippen LogP contribution in [0.25, 0.3) is 0 Å². The van der Waals surface area contributed by atoms with Crippen molar-refractivity contribution in [1.29, 1.82) is 0 Å². The first kappa shape index (κ1) is 26.6. The van der Waals surface area contributed by atoms with Crippen LogP contribution in [0.1, 0.15) is 57.7 Å². The van der Waals surface area contributed by atoms with Crippen LogP contribution in [0.2, 0.25) is 0 Å². The zero-order chi connectivity index (χ0) is 27.4. The molecule has 0 atom stereocenters. The SMILES string of the molecule is O=C(c1ccc(F)cc1)C1CCN(CCN(C(=O)c2ccc([N+](=O)[O-])cc2)c2ncnc3c2CCCC3)CC1. The van der Waals surface area contributed by atoms with Crippen LogP contribution in [0.5, 0.6) is 0 Å². The van der Waals surface area contributed by atoms with Crippen molar-refractivity contribution in [2.45, 2.75) is 38.5 Å². The number of nitro groups is 1. The summed E-state index contributed by atoms with van der Waals surface area (Å²) >= 11 is 0. The number of aryl methyl sites for hydroxylation is 1. The Morgan fingerprint density at radius 2 is 1.64 bits per heavy atom. The molecule has 0 saturated carbocycles. The first-order valence-corrected chi connectivity index (χ1v) is 13.3. The van der Waals surface area contributed by atoms with Gasteiger partial charge in [0, 0.05) is 53.5 Å². The largest absolute Gasteiger partial charge is 0.302 e. The summed E-state index contributed by atoms with van der Waals surface area (Å²) in [5.41, 5.74) is 2.77. The second kappa shape index (κ2) is 11.8. The van der Waals surface area contributed by atoms with Gasteiger partial charge in [-0.15, -0.1) is 0 Å². The first-order chi connectivity index (χ1) is 18.9. The van der Waals surface area contributed by atoms with Gasteiger partial charge in [-0.25, -0.2) is 14.4 Å². The van der Waals surface area contributed by atoms with Crippen molar-refractivity contribution >= 4 is 23.2 Å². The summed E-state index contributed by atoms with van der Waals surface area (Å²) in [6, 6.07) is 11.3. The Labute approximate surface area is 225 Å². The maximum Gasteiger partial charge on any atom is 0.269 e. The molecule has 2 heterocycles. The number of fused-ring (bicyclic) bond motifs is 1. The molecule has 0 spiro atoms. The average Bonchev–Trinajstić information content (AvgIpc) is 2.97. The summed E-state index contributed by atoms with van der Waals surface area (Å²) in [5.74, 6) is -0.100. The fourth-order valence-electron chi connectivity index (χ4n) is 5.43. The molecule has 1 fully saturated rings. The zero-order valence-electron chi connectivity index (χ0n) is 21.6. The van der Waals surface area contributed by atoms with Gasteiger partial charge >= 0.3 is 0 Å². The molecule has 202 valence electrons. The Morgan fingerprint density at radius 1 is 0.974 bits per heavy atom. The lowest BCUT2D eigenvalue weighted by Crippen LogP contribution is -2.43. The number of carbonyl (C=O) groups is 2. The van der Waals surface area contributed by atoms with E-state index in [1.807, 2.05) is 0 Å². The molecular formula is C29H30FN5O4. The Hall–Kier alpha value is -4.05. The number of nitrogens with zero attached hydrogens (tertiary/aromatic N) is 5. The highest BCUT2D eigenvalue weighted by Gasteiger charge is 2.29. The Kier molecular flexibility index (Phi) is 8.02. The minimum Gasteiger partial charge on any atom is -0.302 e. The maximum absolute atomic E-state index is 13.7. The molecule has 1 aliphatic heterocycles. The van der Waals surface area contributed by atoms with Crippen molar-refractivity contribution in [1.82, 2.24) is 14.9 Å². The number of non-ortho nitro benzene ring substituents is 1. The summed E-state index contributed by atoms with van der Waals surface area (Å²) in [5, 5.41) is 11.1. The van der Waals surface area contributed by atoms with Gasteiger partial charge in [-0.05, 0) is 88.0 Å². The van der Waals surface area contributed by atoms with Crippen molar-refractivity contribution in [3.05, 3.63) is 93.2 Å². The van der Waals surface area contributed by atoms with E-state index in [-0.39, 0.29) is 29.1 Å². The smallest absolute Gasteiger partial charge is 0.269 e. The van der Waals surface area contributed by atoms with Crippen molar-refractivity contribution in [3.63, 3.8) is 0 Å². The topological polar surface area (TPSA) is 110 Å². The molecule has 2 aliphatic rings. The van der Waals surface area contributed by atoms with Gasteiger partial charge in [0.15, 0.2) is 5.78 Å². The van der Waals surface area contributed by atoms with Crippen LogP contribution in [0.15, 0.2) is 54.9 Å². The van der Waals surface area contributed by atoms with Crippen LogP contribution in [0, 0.1) is 21.8 Å². The number of benzene rings is 2. The summed E-state index contributed by atoms with van der Waals surface area (Å²) in [4.78, 5) is 50.0. The Morgan fingerprint density at radius 3 is 2.33 bits per heavy atom. The molecule has 39 heavy (non-hydrogen) atoms. The first-order valence-electron chi connectivity index (χ1n) is 13.3. The molecule has 9 nitrogen and oxygen atoms in total. The lowest BCUT2D eigenvalue weighted by molar-refractivity contribution is -0.384. The number of carbonyl (C=O) groups excluding carboxylic acids is 2. The van der Waals surface area contributed by atoms with Gasteiger partial charge in [0.25, 0.3) is 11.6 Å². The van der Waals surface area contributed by atoms with Crippen LogP contribution >= 0.6 is 0 Å². The summed E-state index contributed by atoms with van der Waals surface area (Å²) in [6.07, 6.45) is 6.58. The third kappa shape index (κ3) is 6.01. The normalized spacial score (nSPS) is 15.9. The number of nitro benzene ring substituents is 1. The van der Waals surface area contributed by atoms with Gasteiger partial charge in [-0.2, -0.15) is 0 Å². The monoisotopic (exact) mass is 531 g/mol. The van der Waals surface area contributed by atoms with Crippen LogP contribution in [0.3, 0.4) is 0 Å². The number of hydrogen-bond acceptors (Lipinski definition) is 7. The van der Waals surface area contributed by atoms with Crippen molar-refractivity contribution in [2.24, 2.45) is 5.92 Å². The van der Waals surface area contributed by atoms with Crippen LogP contribution < -0.4 is 4.90 Å². The number of rotatable bonds is 8. The molecule has 0 unspecified atom stereocenters. The maximum atomic E-state index is 13.7. The van der Waals surface area contributed by atoms with Crippen LogP contribution in [-0.4, -0.2) is 57.7 Å². The molecule has 5 rings (SSSR count). The quantitative estimate of drug-likeness (QED) is 0.237. The zero-order valence-corrected chi connectivity index (χ0v) is 21.6. The molecule has 2 aromatic carbocycles. The molecular weight excluding hydrogens is 501 g/mol. The van der Waals surface area contributed by atoms with Gasteiger partial charge in [0.05, 0.1) is 4.92 Å². The van der Waals surface area contributed by atoms with Gasteiger partial charge < -0.3 is 4.90 Å². The lowest BCUT2D eigenvalue weighted by atomic mass is 9.89. The van der Waals surface area contributed by atoms with Crippen molar-refractivity contribution < 1.29 is 18.9 Å². The number of anilines is 1. The number of aromatic nitrogens is 2. The van der Waals surface area contributed by atoms with Crippen molar-refractivity contribution in [2.75, 3.05) is 31.1 Å². The standard InChI is InChI=1S/C29H30FN5O4/c30-23-9-5-20(6-10-23)27(36)21-13-15-33(16-14-21)17-18-34(28-25-3-1-2-4-26(25)31-19-32-28)29(37)22-7-11-24(12-8-22)35(38)39/h5-12,19,21H,1-4,13-18H2. The van der Waals surface area contributed by atoms with Gasteiger partial charge in [0.2, 0.25) is 0 Å². The fraction of sp³-hybridized carbons (Fsp3) is 0.379. The fourth-order valence-corrected chi connectivity index (χ4v) is 5.43. The predicted molar refractivity (Wildman–Crippen MR) is 143 cm³/mol. The van der Waals surface area contributed by atoms with E-state index in [9.17, 15) is 24.1 Å². The van der Waals surface area contributed by atoms with E-state index >= 15 is 0 Å². The van der Waals surface area contributed by atoms with Gasteiger partial charge in [0.1, 0.15) is 18.0 Å². The van der Waals surface area contributed by atoms with Crippen LogP contribution in [0.4, 0.5) is 15.9 Å². The molecule has 1 aliphatic carbocycles. The average molecular weight is 532 g/mol. The van der Waals surface area contributed by atoms with E-state index in [0.29, 0.717) is 56.0 Å². The lowest BCUT2D eigenvalue weighted by Gasteiger charge is -2.33. The summed E-state index contributed by atoms with van der Waals surface area (Å²) < 4.78 is 13.2. The second-order valence-corrected chi connectivity index (χ2v) is 10.1. The molecule has 1 saturated heterocycles. The highest BCUT2D eigenvalue weighted by atomic mass is 19.1. The molecule has 0 N–H and O–H groups in total. The highest BCUT2D eigenvalue weighted by molar-refractivity contribution is 6.06. The van der Waals surface area contributed by atoms with E-state index in [0.717, 1.165) is 36.9 Å². The van der Waals surface area contributed by atoms with E-state index < -0.39 is 4.92 Å². The summed E-state index contributed by atoms with van der Waals surface area (Å²) in [7, 11) is 0. The molecule has 0 radical (unpaired) electrons. The highest BCUT2D eigenvalue weighted by Crippen LogP contribution is 2.29. The third-order valence-electron chi connectivity index (χ3n) is 7.66. The minimum absolute atomic E-state index is 0.0391. The molecule has 1 aromatic heterocycles. The van der Waals surface area contributed by atoms with Crippen LogP contribution in [-0.2, 0) is 12.8 Å². The number of halogens is 1. The molecule has 0 bridgehead atoms. The summed E-state index contributed by atoms with van der Waals surface area (Å²) in [6.45, 7) is 2.39. The third-order valence-corrected chi connectivity index (χ3v) is 7.66. The number of likely N-dealkylation sites (tertiary alicyclic amines) is 1. The molecule has 1 amide bonds.